The van der Waals surface area contributed by atoms with Crippen molar-refractivity contribution in [1.82, 2.24) is 9.78 Å². The van der Waals surface area contributed by atoms with Crippen LogP contribution in [-0.4, -0.2) is 35.6 Å². The van der Waals surface area contributed by atoms with Crippen LogP contribution in [0, 0.1) is 0 Å². The number of amides is 1. The van der Waals surface area contributed by atoms with Gasteiger partial charge in [-0.05, 0) is 12.8 Å². The second-order valence-corrected chi connectivity index (χ2v) is 9.55. The Morgan fingerprint density at radius 3 is 2.65 bits per heavy atom. The normalized spacial score (nSPS) is 20.6. The Bertz CT molecular complexity index is 671. The molecule has 0 aliphatic carbocycles. The molecule has 0 bridgehead atoms. The van der Waals surface area contributed by atoms with Crippen LogP contribution in [0.2, 0.25) is 0 Å². The summed E-state index contributed by atoms with van der Waals surface area (Å²) in [6.45, 7) is 8.19. The maximum Gasteiger partial charge on any atom is 0.225 e. The molecular formula is C16H27N3O3S. The highest BCUT2D eigenvalue weighted by atomic mass is 32.2. The Labute approximate surface area is 138 Å². The van der Waals surface area contributed by atoms with Gasteiger partial charge < -0.3 is 5.32 Å². The molecule has 1 fully saturated rings. The van der Waals surface area contributed by atoms with Gasteiger partial charge in [-0.25, -0.2) is 13.1 Å². The van der Waals surface area contributed by atoms with Gasteiger partial charge in [0, 0.05) is 17.9 Å². The summed E-state index contributed by atoms with van der Waals surface area (Å²) in [4.78, 5) is 12.1. The van der Waals surface area contributed by atoms with E-state index >= 15 is 0 Å². The molecule has 1 aromatic rings. The predicted octanol–water partition coefficient (Wildman–Crippen LogP) is 2.67. The smallest absolute Gasteiger partial charge is 0.225 e. The van der Waals surface area contributed by atoms with Gasteiger partial charge in [-0.2, -0.15) is 5.10 Å². The summed E-state index contributed by atoms with van der Waals surface area (Å²) >= 11 is 0. The van der Waals surface area contributed by atoms with Crippen LogP contribution in [0.5, 0.6) is 0 Å². The quantitative estimate of drug-likeness (QED) is 0.893. The van der Waals surface area contributed by atoms with Gasteiger partial charge in [0.05, 0.1) is 23.2 Å². The number of nitrogens with one attached hydrogen (secondary N) is 1. The fourth-order valence-electron chi connectivity index (χ4n) is 2.64. The Kier molecular flexibility index (Phi) is 5.18. The van der Waals surface area contributed by atoms with Gasteiger partial charge in [-0.15, -0.1) is 0 Å². The lowest BCUT2D eigenvalue weighted by Crippen LogP contribution is -2.20. The van der Waals surface area contributed by atoms with Crippen molar-refractivity contribution in [3.8, 4) is 0 Å². The molecule has 1 amide bonds. The number of sulfone groups is 1. The molecule has 0 unspecified atom stereocenters. The van der Waals surface area contributed by atoms with Crippen molar-refractivity contribution in [2.45, 2.75) is 64.8 Å². The van der Waals surface area contributed by atoms with Crippen LogP contribution >= 0.6 is 0 Å². The minimum atomic E-state index is -3.00. The number of anilines is 1. The van der Waals surface area contributed by atoms with Crippen LogP contribution in [0.25, 0.3) is 0 Å². The highest BCUT2D eigenvalue weighted by molar-refractivity contribution is 7.91. The Morgan fingerprint density at radius 1 is 1.43 bits per heavy atom. The second-order valence-electron chi connectivity index (χ2n) is 7.32. The third kappa shape index (κ3) is 4.56. The van der Waals surface area contributed by atoms with Gasteiger partial charge in [-0.1, -0.05) is 34.1 Å². The van der Waals surface area contributed by atoms with Crippen molar-refractivity contribution in [2.75, 3.05) is 16.8 Å². The van der Waals surface area contributed by atoms with Gasteiger partial charge in [0.15, 0.2) is 9.84 Å². The van der Waals surface area contributed by atoms with Gasteiger partial charge in [0.1, 0.15) is 5.82 Å². The van der Waals surface area contributed by atoms with E-state index in [0.29, 0.717) is 18.7 Å². The maximum atomic E-state index is 12.1. The molecule has 130 valence electrons. The molecule has 23 heavy (non-hydrogen) atoms. The zero-order valence-electron chi connectivity index (χ0n) is 14.4. The molecule has 2 rings (SSSR count). The standard InChI is InChI=1S/C16H27N3O3S/c1-5-6-7-15(20)17-14-10-13(16(2,3)4)18-19(14)12-8-9-23(21,22)11-12/h10,12H,5-9,11H2,1-4H3,(H,17,20)/t12-/m1/s1. The Hall–Kier alpha value is -1.37. The SMILES string of the molecule is CCCCC(=O)Nc1cc(C(C)(C)C)nn1[C@@H]1CCS(=O)(=O)C1. The zero-order chi connectivity index (χ0) is 17.3. The summed E-state index contributed by atoms with van der Waals surface area (Å²) in [5.74, 6) is 0.842. The average Bonchev–Trinajstić information content (AvgIpc) is 2.99. The van der Waals surface area contributed by atoms with Crippen molar-refractivity contribution in [1.29, 1.82) is 0 Å². The van der Waals surface area contributed by atoms with E-state index in [1.807, 2.05) is 33.8 Å². The van der Waals surface area contributed by atoms with Crippen molar-refractivity contribution < 1.29 is 13.2 Å². The first-order chi connectivity index (χ1) is 10.6. The first-order valence-corrected chi connectivity index (χ1v) is 10.0. The zero-order valence-corrected chi connectivity index (χ0v) is 15.2. The summed E-state index contributed by atoms with van der Waals surface area (Å²) in [5, 5.41) is 7.51. The minimum absolute atomic E-state index is 0.0469. The number of nitrogens with zero attached hydrogens (tertiary/aromatic N) is 2. The van der Waals surface area contributed by atoms with Crippen LogP contribution in [-0.2, 0) is 20.0 Å². The van der Waals surface area contributed by atoms with Crippen LogP contribution in [0.4, 0.5) is 5.82 Å². The average molecular weight is 341 g/mol. The number of carbonyl (C=O) groups excluding carboxylic acids is 1. The van der Waals surface area contributed by atoms with Crippen molar-refractivity contribution in [2.24, 2.45) is 0 Å². The van der Waals surface area contributed by atoms with E-state index in [1.165, 1.54) is 0 Å². The Balaban J connectivity index is 2.28. The van der Waals surface area contributed by atoms with Crippen molar-refractivity contribution in [3.63, 3.8) is 0 Å². The summed E-state index contributed by atoms with van der Waals surface area (Å²) in [5.41, 5.74) is 0.693. The van der Waals surface area contributed by atoms with Crippen LogP contribution < -0.4 is 5.32 Å². The monoisotopic (exact) mass is 341 g/mol. The first kappa shape index (κ1) is 18.0. The van der Waals surface area contributed by atoms with Crippen molar-refractivity contribution >= 4 is 21.6 Å². The molecular weight excluding hydrogens is 314 g/mol. The molecule has 7 heteroatoms. The van der Waals surface area contributed by atoms with Crippen LogP contribution in [0.15, 0.2) is 6.07 Å². The number of rotatable bonds is 5. The summed E-state index contributed by atoms with van der Waals surface area (Å²) in [7, 11) is -3.00. The highest BCUT2D eigenvalue weighted by Crippen LogP contribution is 2.30. The van der Waals surface area contributed by atoms with E-state index in [-0.39, 0.29) is 28.9 Å². The van der Waals surface area contributed by atoms with Gasteiger partial charge >= 0.3 is 0 Å². The van der Waals surface area contributed by atoms with E-state index in [2.05, 4.69) is 10.4 Å². The summed E-state index contributed by atoms with van der Waals surface area (Å²) in [6, 6.07) is 1.67. The lowest BCUT2D eigenvalue weighted by atomic mass is 9.92. The molecule has 1 N–H and O–H groups in total. The second kappa shape index (κ2) is 6.63. The molecule has 2 heterocycles. The van der Waals surface area contributed by atoms with Crippen LogP contribution in [0.1, 0.15) is 65.1 Å². The van der Waals surface area contributed by atoms with Gasteiger partial charge in [0.25, 0.3) is 0 Å². The highest BCUT2D eigenvalue weighted by Gasteiger charge is 2.32. The third-order valence-electron chi connectivity index (χ3n) is 4.08. The molecule has 1 aliphatic heterocycles. The molecule has 1 atom stereocenters. The number of aromatic nitrogens is 2. The number of carbonyl (C=O) groups is 1. The lowest BCUT2D eigenvalue weighted by Gasteiger charge is -2.15. The third-order valence-corrected chi connectivity index (χ3v) is 5.83. The molecule has 0 saturated carbocycles. The maximum absolute atomic E-state index is 12.1. The molecule has 6 nitrogen and oxygen atoms in total. The number of hydrogen-bond acceptors (Lipinski definition) is 4. The van der Waals surface area contributed by atoms with Crippen molar-refractivity contribution in [3.05, 3.63) is 11.8 Å². The Morgan fingerprint density at radius 2 is 2.13 bits per heavy atom. The largest absolute Gasteiger partial charge is 0.311 e. The van der Waals surface area contributed by atoms with Crippen LogP contribution in [0.3, 0.4) is 0 Å². The van der Waals surface area contributed by atoms with E-state index < -0.39 is 9.84 Å². The minimum Gasteiger partial charge on any atom is -0.311 e. The number of hydrogen-bond donors (Lipinski definition) is 1. The molecule has 1 aliphatic rings. The van der Waals surface area contributed by atoms with E-state index in [0.717, 1.165) is 18.5 Å². The molecule has 0 aromatic carbocycles. The number of unbranched alkanes of at least 4 members (excludes halogenated alkanes) is 1. The molecule has 0 spiro atoms. The van der Waals surface area contributed by atoms with Gasteiger partial charge in [-0.3, -0.25) is 4.79 Å². The topological polar surface area (TPSA) is 81.1 Å². The first-order valence-electron chi connectivity index (χ1n) is 8.22. The summed E-state index contributed by atoms with van der Waals surface area (Å²) in [6.07, 6.45) is 2.81. The van der Waals surface area contributed by atoms with Gasteiger partial charge in [0.2, 0.25) is 5.91 Å². The fraction of sp³-hybridized carbons (Fsp3) is 0.750. The summed E-state index contributed by atoms with van der Waals surface area (Å²) < 4.78 is 25.2. The van der Waals surface area contributed by atoms with E-state index in [4.69, 9.17) is 0 Å². The van der Waals surface area contributed by atoms with E-state index in [9.17, 15) is 13.2 Å². The lowest BCUT2D eigenvalue weighted by molar-refractivity contribution is -0.116. The predicted molar refractivity (Wildman–Crippen MR) is 91.4 cm³/mol. The molecule has 1 saturated heterocycles. The van der Waals surface area contributed by atoms with E-state index in [1.54, 1.807) is 4.68 Å². The molecule has 1 aromatic heterocycles. The molecule has 0 radical (unpaired) electrons. The fourth-order valence-corrected chi connectivity index (χ4v) is 4.34.